The van der Waals surface area contributed by atoms with Gasteiger partial charge < -0.3 is 23.3 Å². The fourth-order valence-corrected chi connectivity index (χ4v) is 4.92. The van der Waals surface area contributed by atoms with Gasteiger partial charge in [-0.3, -0.25) is 9.88 Å². The minimum atomic E-state index is -2.85. The van der Waals surface area contributed by atoms with Crippen molar-refractivity contribution < 1.29 is 27.5 Å². The molecule has 4 aromatic rings. The average molecular weight is 532 g/mol. The molecule has 0 spiro atoms. The number of methoxy groups -OCH3 is 1. The average Bonchev–Trinajstić information content (AvgIpc) is 3.46. The van der Waals surface area contributed by atoms with Gasteiger partial charge >= 0.3 is 6.61 Å². The van der Waals surface area contributed by atoms with E-state index < -0.39 is 6.61 Å². The summed E-state index contributed by atoms with van der Waals surface area (Å²) in [6, 6.07) is 3.47. The zero-order chi connectivity index (χ0) is 27.4. The van der Waals surface area contributed by atoms with Crippen LogP contribution in [0, 0.1) is 13.8 Å². The summed E-state index contributed by atoms with van der Waals surface area (Å²) in [4.78, 5) is 11.8. The van der Waals surface area contributed by atoms with Crippen LogP contribution in [-0.2, 0) is 16.0 Å². The molecule has 11 heteroatoms. The van der Waals surface area contributed by atoms with Crippen LogP contribution in [0.5, 0.6) is 5.75 Å². The van der Waals surface area contributed by atoms with Crippen molar-refractivity contribution in [3.8, 4) is 16.9 Å². The summed E-state index contributed by atoms with van der Waals surface area (Å²) in [5.41, 5.74) is 4.64. The van der Waals surface area contributed by atoms with E-state index in [0.29, 0.717) is 36.8 Å². The van der Waals surface area contributed by atoms with Crippen LogP contribution in [0.2, 0.25) is 0 Å². The molecule has 4 heterocycles. The highest BCUT2D eigenvalue weighted by Crippen LogP contribution is 2.39. The van der Waals surface area contributed by atoms with Gasteiger partial charge in [0.2, 0.25) is 0 Å². The van der Waals surface area contributed by atoms with Gasteiger partial charge in [0.1, 0.15) is 22.9 Å². The molecule has 0 radical (unpaired) electrons. The van der Waals surface area contributed by atoms with Gasteiger partial charge in [-0.05, 0) is 32.9 Å². The second-order valence-corrected chi connectivity index (χ2v) is 8.99. The Balaban J connectivity index is 0.00000164. The maximum absolute atomic E-state index is 12.9. The molecule has 0 N–H and O–H groups in total. The summed E-state index contributed by atoms with van der Waals surface area (Å²) in [6.45, 7) is 10.0. The highest BCUT2D eigenvalue weighted by Gasteiger charge is 2.24. The smallest absolute Gasteiger partial charge is 0.345 e. The van der Waals surface area contributed by atoms with Crippen molar-refractivity contribution in [3.63, 3.8) is 0 Å². The van der Waals surface area contributed by atoms with Crippen molar-refractivity contribution in [1.82, 2.24) is 24.6 Å². The molecule has 1 fully saturated rings. The number of benzene rings is 1. The van der Waals surface area contributed by atoms with E-state index in [1.165, 1.54) is 0 Å². The molecule has 1 aliphatic rings. The maximum atomic E-state index is 12.9. The van der Waals surface area contributed by atoms with Gasteiger partial charge in [0.05, 0.1) is 68.0 Å². The first-order valence-corrected chi connectivity index (χ1v) is 12.9. The van der Waals surface area contributed by atoms with E-state index in [0.717, 1.165) is 52.2 Å². The molecule has 38 heavy (non-hydrogen) atoms. The van der Waals surface area contributed by atoms with Gasteiger partial charge in [0.15, 0.2) is 0 Å². The Morgan fingerprint density at radius 2 is 1.84 bits per heavy atom. The minimum absolute atomic E-state index is 0.155. The lowest BCUT2D eigenvalue weighted by Gasteiger charge is -2.27. The Kier molecular flexibility index (Phi) is 8.91. The monoisotopic (exact) mass is 531 g/mol. The highest BCUT2D eigenvalue weighted by atomic mass is 19.3. The van der Waals surface area contributed by atoms with Crippen LogP contribution in [-0.4, -0.2) is 71.2 Å². The van der Waals surface area contributed by atoms with Gasteiger partial charge in [-0.25, -0.2) is 4.98 Å². The third kappa shape index (κ3) is 5.50. The van der Waals surface area contributed by atoms with E-state index in [-0.39, 0.29) is 12.6 Å². The second-order valence-electron chi connectivity index (χ2n) is 8.99. The Morgan fingerprint density at radius 3 is 2.47 bits per heavy atom. The van der Waals surface area contributed by atoms with Crippen LogP contribution in [0.4, 0.5) is 8.78 Å². The Labute approximate surface area is 220 Å². The highest BCUT2D eigenvalue weighted by molar-refractivity contribution is 6.05. The predicted molar refractivity (Wildman–Crippen MR) is 141 cm³/mol. The molecule has 5 rings (SSSR count). The summed E-state index contributed by atoms with van der Waals surface area (Å²) >= 11 is 0. The number of fused-ring (bicyclic) bond motifs is 3. The Hall–Kier alpha value is -3.15. The van der Waals surface area contributed by atoms with Crippen LogP contribution in [0.3, 0.4) is 0 Å². The number of morpholine rings is 1. The third-order valence-electron chi connectivity index (χ3n) is 6.59. The number of aryl methyl sites for hydroxylation is 2. The second kappa shape index (κ2) is 12.1. The summed E-state index contributed by atoms with van der Waals surface area (Å²) in [5.74, 6) is 2.08. The van der Waals surface area contributed by atoms with Gasteiger partial charge in [0.25, 0.3) is 0 Å². The van der Waals surface area contributed by atoms with Crippen molar-refractivity contribution >= 4 is 21.9 Å². The topological polar surface area (TPSA) is 87.7 Å². The van der Waals surface area contributed by atoms with Gasteiger partial charge in [-0.2, -0.15) is 8.78 Å². The third-order valence-corrected chi connectivity index (χ3v) is 6.59. The van der Waals surface area contributed by atoms with Crippen molar-refractivity contribution in [3.05, 3.63) is 35.6 Å². The number of hydrogen-bond acceptors (Lipinski definition) is 8. The van der Waals surface area contributed by atoms with Crippen molar-refractivity contribution in [1.29, 1.82) is 0 Å². The summed E-state index contributed by atoms with van der Waals surface area (Å²) < 4.78 is 49.1. The van der Waals surface area contributed by atoms with E-state index in [1.54, 1.807) is 13.3 Å². The molecule has 0 aliphatic carbocycles. The number of aromatic nitrogens is 4. The van der Waals surface area contributed by atoms with E-state index in [9.17, 15) is 8.78 Å². The van der Waals surface area contributed by atoms with Crippen LogP contribution < -0.4 is 4.74 Å². The number of nitrogens with zero attached hydrogens (tertiary/aromatic N) is 5. The molecule has 0 saturated carbocycles. The molecule has 206 valence electrons. The number of rotatable bonds is 8. The van der Waals surface area contributed by atoms with Crippen molar-refractivity contribution in [2.75, 3.05) is 40.0 Å². The lowest BCUT2D eigenvalue weighted by atomic mass is 10.0. The largest absolute Gasteiger partial charge is 0.496 e. The van der Waals surface area contributed by atoms with Gasteiger partial charge in [-0.1, -0.05) is 19.0 Å². The molecule has 1 saturated heterocycles. The maximum Gasteiger partial charge on any atom is 0.345 e. The normalized spacial score (nSPS) is 15.2. The zero-order valence-electron chi connectivity index (χ0n) is 22.8. The van der Waals surface area contributed by atoms with Crippen molar-refractivity contribution in [2.24, 2.45) is 0 Å². The molecule has 1 aliphatic heterocycles. The first kappa shape index (κ1) is 27.9. The SMILES string of the molecule is CC.COc1cc2c(cc1-c1c(C)noc1C)ncc1nc(CN3CCOCC3)n(C(C)COC(F)F)c12. The van der Waals surface area contributed by atoms with E-state index in [1.807, 2.05) is 51.3 Å². The van der Waals surface area contributed by atoms with Crippen molar-refractivity contribution in [2.45, 2.75) is 53.8 Å². The number of alkyl halides is 2. The lowest BCUT2D eigenvalue weighted by molar-refractivity contribution is -0.135. The van der Waals surface area contributed by atoms with Gasteiger partial charge in [0, 0.05) is 24.0 Å². The van der Waals surface area contributed by atoms with Gasteiger partial charge in [-0.15, -0.1) is 0 Å². The standard InChI is InChI=1S/C25H29F2N5O4.C2H6/c1-14(13-35-25(26)27)32-22(12-31-5-7-34-8-6-31)29-20-11-28-19-9-18(23-15(2)30-36-16(23)3)21(33-4)10-17(19)24(20)32;1-2/h9-11,14,25H,5-8,12-13H2,1-4H3;1-2H3. The summed E-state index contributed by atoms with van der Waals surface area (Å²) in [7, 11) is 1.61. The number of halogens is 2. The Morgan fingerprint density at radius 1 is 1.11 bits per heavy atom. The molecule has 3 aromatic heterocycles. The molecule has 0 bridgehead atoms. The molecular weight excluding hydrogens is 496 g/mol. The molecular formula is C27H35F2N5O4. The first-order chi connectivity index (χ1) is 18.4. The summed E-state index contributed by atoms with van der Waals surface area (Å²) in [6.07, 6.45) is 1.72. The molecule has 9 nitrogen and oxygen atoms in total. The number of hydrogen-bond donors (Lipinski definition) is 0. The van der Waals surface area contributed by atoms with E-state index in [4.69, 9.17) is 23.7 Å². The van der Waals surface area contributed by atoms with Crippen LogP contribution in [0.25, 0.3) is 33.1 Å². The fraction of sp³-hybridized carbons (Fsp3) is 0.519. The predicted octanol–water partition coefficient (Wildman–Crippen LogP) is 5.52. The van der Waals surface area contributed by atoms with Crippen LogP contribution in [0.1, 0.15) is 44.1 Å². The Bertz CT molecular complexity index is 1360. The van der Waals surface area contributed by atoms with E-state index >= 15 is 0 Å². The zero-order valence-corrected chi connectivity index (χ0v) is 22.8. The molecule has 0 amide bonds. The molecule has 1 aromatic carbocycles. The fourth-order valence-electron chi connectivity index (χ4n) is 4.92. The number of pyridine rings is 1. The molecule has 1 unspecified atom stereocenters. The minimum Gasteiger partial charge on any atom is -0.496 e. The van der Waals surface area contributed by atoms with Crippen LogP contribution in [0.15, 0.2) is 22.9 Å². The summed E-state index contributed by atoms with van der Waals surface area (Å²) in [5, 5.41) is 4.88. The molecule has 1 atom stereocenters. The van der Waals surface area contributed by atoms with Crippen LogP contribution >= 0.6 is 0 Å². The van der Waals surface area contributed by atoms with E-state index in [2.05, 4.69) is 15.0 Å². The number of ether oxygens (including phenoxy) is 3. The quantitative estimate of drug-likeness (QED) is 0.294. The number of imidazole rings is 1. The first-order valence-electron chi connectivity index (χ1n) is 12.9. The lowest BCUT2D eigenvalue weighted by Crippen LogP contribution is -2.36.